The molecule has 0 saturated heterocycles. The summed E-state index contributed by atoms with van der Waals surface area (Å²) in [6.45, 7) is 4.59. The molecule has 0 amide bonds. The van der Waals surface area contributed by atoms with Crippen LogP contribution < -0.4 is 0 Å². The van der Waals surface area contributed by atoms with Crippen LogP contribution in [-0.4, -0.2) is 0 Å². The van der Waals surface area contributed by atoms with Gasteiger partial charge in [-0.3, -0.25) is 0 Å². The van der Waals surface area contributed by atoms with Gasteiger partial charge in [0.1, 0.15) is 0 Å². The van der Waals surface area contributed by atoms with E-state index in [4.69, 9.17) is 11.6 Å². The molecule has 1 fully saturated rings. The minimum Gasteiger partial charge on any atom is -0.198 e. The number of hydrogen-bond acceptors (Lipinski definition) is 1. The van der Waals surface area contributed by atoms with Crippen molar-refractivity contribution in [2.24, 2.45) is 17.3 Å². The second-order valence-corrected chi connectivity index (χ2v) is 6.72. The highest BCUT2D eigenvalue weighted by Gasteiger charge is 2.36. The van der Waals surface area contributed by atoms with Crippen molar-refractivity contribution in [2.75, 3.05) is 0 Å². The van der Waals surface area contributed by atoms with Crippen molar-refractivity contribution in [2.45, 2.75) is 46.0 Å². The monoisotopic (exact) mass is 275 g/mol. The fourth-order valence-electron chi connectivity index (χ4n) is 3.23. The quantitative estimate of drug-likeness (QED) is 0.740. The summed E-state index contributed by atoms with van der Waals surface area (Å²) in [6, 6.07) is 10.5. The van der Waals surface area contributed by atoms with Crippen molar-refractivity contribution in [3.8, 4) is 6.07 Å². The average molecular weight is 276 g/mol. The summed E-state index contributed by atoms with van der Waals surface area (Å²) in [7, 11) is 0. The van der Waals surface area contributed by atoms with Gasteiger partial charge in [0.2, 0.25) is 0 Å². The summed E-state index contributed by atoms with van der Waals surface area (Å²) in [5.41, 5.74) is 1.02. The third kappa shape index (κ3) is 3.51. The molecule has 0 radical (unpaired) electrons. The first-order valence-corrected chi connectivity index (χ1v) is 7.58. The number of benzene rings is 1. The molecule has 0 atom stereocenters. The zero-order valence-electron chi connectivity index (χ0n) is 11.8. The average Bonchev–Trinajstić information content (AvgIpc) is 2.39. The number of hydrogen-bond donors (Lipinski definition) is 0. The van der Waals surface area contributed by atoms with Gasteiger partial charge in [-0.05, 0) is 61.6 Å². The first-order chi connectivity index (χ1) is 9.04. The molecule has 1 aliphatic carbocycles. The lowest BCUT2D eigenvalue weighted by Gasteiger charge is -2.36. The minimum absolute atomic E-state index is 0.171. The van der Waals surface area contributed by atoms with Crippen LogP contribution in [0.1, 0.15) is 45.1 Å². The predicted octanol–water partition coefficient (Wildman–Crippen LogP) is 5.24. The van der Waals surface area contributed by atoms with E-state index in [1.54, 1.807) is 0 Å². The van der Waals surface area contributed by atoms with Gasteiger partial charge in [0.05, 0.1) is 11.5 Å². The third-order valence-corrected chi connectivity index (χ3v) is 4.83. The van der Waals surface area contributed by atoms with E-state index < -0.39 is 0 Å². The number of nitrogens with zero attached hydrogens (tertiary/aromatic N) is 1. The Morgan fingerprint density at radius 2 is 2.05 bits per heavy atom. The minimum atomic E-state index is -0.171. The van der Waals surface area contributed by atoms with Gasteiger partial charge in [0.25, 0.3) is 0 Å². The summed E-state index contributed by atoms with van der Waals surface area (Å²) in [5, 5.41) is 10.4. The Kier molecular flexibility index (Phi) is 4.53. The SMILES string of the molecule is CC(C)C1CCC(C#N)(Cc2cccc(Cl)c2)CC1. The topological polar surface area (TPSA) is 23.8 Å². The van der Waals surface area contributed by atoms with Crippen molar-refractivity contribution >= 4 is 11.6 Å². The molecule has 0 N–H and O–H groups in total. The van der Waals surface area contributed by atoms with Crippen LogP contribution in [0.15, 0.2) is 24.3 Å². The molecule has 1 aromatic rings. The van der Waals surface area contributed by atoms with Gasteiger partial charge in [-0.1, -0.05) is 37.6 Å². The van der Waals surface area contributed by atoms with Gasteiger partial charge in [0, 0.05) is 5.02 Å². The van der Waals surface area contributed by atoms with Crippen molar-refractivity contribution in [1.29, 1.82) is 5.26 Å². The van der Waals surface area contributed by atoms with E-state index in [0.29, 0.717) is 0 Å². The van der Waals surface area contributed by atoms with E-state index in [0.717, 1.165) is 36.1 Å². The van der Waals surface area contributed by atoms with E-state index in [1.807, 2.05) is 18.2 Å². The molecule has 0 bridgehead atoms. The molecule has 19 heavy (non-hydrogen) atoms. The van der Waals surface area contributed by atoms with E-state index in [-0.39, 0.29) is 5.41 Å². The molecule has 2 rings (SSSR count). The first-order valence-electron chi connectivity index (χ1n) is 7.20. The van der Waals surface area contributed by atoms with Crippen molar-refractivity contribution in [1.82, 2.24) is 0 Å². The Balaban J connectivity index is 2.07. The Bertz CT molecular complexity index is 464. The number of halogens is 1. The second kappa shape index (κ2) is 5.97. The predicted molar refractivity (Wildman–Crippen MR) is 80.0 cm³/mol. The van der Waals surface area contributed by atoms with Gasteiger partial charge in [-0.2, -0.15) is 5.26 Å². The van der Waals surface area contributed by atoms with Crippen LogP contribution in [0.5, 0.6) is 0 Å². The molecule has 2 heteroatoms. The van der Waals surface area contributed by atoms with Crippen molar-refractivity contribution in [3.63, 3.8) is 0 Å². The van der Waals surface area contributed by atoms with Gasteiger partial charge >= 0.3 is 0 Å². The van der Waals surface area contributed by atoms with Crippen molar-refractivity contribution in [3.05, 3.63) is 34.9 Å². The maximum absolute atomic E-state index is 9.61. The lowest BCUT2D eigenvalue weighted by Crippen LogP contribution is -2.30. The second-order valence-electron chi connectivity index (χ2n) is 6.28. The summed E-state index contributed by atoms with van der Waals surface area (Å²) >= 11 is 6.03. The van der Waals surface area contributed by atoms with Crippen LogP contribution in [0, 0.1) is 28.6 Å². The van der Waals surface area contributed by atoms with Gasteiger partial charge < -0.3 is 0 Å². The first kappa shape index (κ1) is 14.4. The lowest BCUT2D eigenvalue weighted by molar-refractivity contribution is 0.175. The molecule has 1 aromatic carbocycles. The Hall–Kier alpha value is -1.00. The van der Waals surface area contributed by atoms with E-state index in [2.05, 4.69) is 26.0 Å². The van der Waals surface area contributed by atoms with Crippen LogP contribution in [0.2, 0.25) is 5.02 Å². The highest BCUT2D eigenvalue weighted by atomic mass is 35.5. The molecular formula is C17H22ClN. The van der Waals surface area contributed by atoms with Crippen LogP contribution in [0.4, 0.5) is 0 Å². The molecule has 0 unspecified atom stereocenters. The number of rotatable bonds is 3. The summed E-state index contributed by atoms with van der Waals surface area (Å²) in [6.07, 6.45) is 5.27. The van der Waals surface area contributed by atoms with Crippen LogP contribution in [0.3, 0.4) is 0 Å². The molecular weight excluding hydrogens is 254 g/mol. The number of nitriles is 1. The Morgan fingerprint density at radius 1 is 1.37 bits per heavy atom. The maximum atomic E-state index is 9.61. The Labute approximate surface area is 121 Å². The fraction of sp³-hybridized carbons (Fsp3) is 0.588. The van der Waals surface area contributed by atoms with Crippen molar-refractivity contribution < 1.29 is 0 Å². The normalized spacial score (nSPS) is 27.2. The van der Waals surface area contributed by atoms with E-state index in [9.17, 15) is 5.26 Å². The maximum Gasteiger partial charge on any atom is 0.0693 e. The van der Waals surface area contributed by atoms with Gasteiger partial charge in [-0.25, -0.2) is 0 Å². The smallest absolute Gasteiger partial charge is 0.0693 e. The Morgan fingerprint density at radius 3 is 2.58 bits per heavy atom. The molecule has 1 aliphatic rings. The van der Waals surface area contributed by atoms with Gasteiger partial charge in [0.15, 0.2) is 0 Å². The fourth-order valence-corrected chi connectivity index (χ4v) is 3.44. The zero-order valence-corrected chi connectivity index (χ0v) is 12.6. The van der Waals surface area contributed by atoms with Gasteiger partial charge in [-0.15, -0.1) is 0 Å². The molecule has 0 aromatic heterocycles. The zero-order chi connectivity index (χ0) is 13.9. The molecule has 0 spiro atoms. The highest BCUT2D eigenvalue weighted by Crippen LogP contribution is 2.43. The summed E-state index contributed by atoms with van der Waals surface area (Å²) in [4.78, 5) is 0. The summed E-state index contributed by atoms with van der Waals surface area (Å²) < 4.78 is 0. The molecule has 0 heterocycles. The van der Waals surface area contributed by atoms with Crippen LogP contribution in [0.25, 0.3) is 0 Å². The molecule has 1 saturated carbocycles. The molecule has 0 aliphatic heterocycles. The lowest BCUT2D eigenvalue weighted by atomic mass is 9.66. The van der Waals surface area contributed by atoms with E-state index in [1.165, 1.54) is 18.4 Å². The summed E-state index contributed by atoms with van der Waals surface area (Å²) in [5.74, 6) is 1.53. The highest BCUT2D eigenvalue weighted by molar-refractivity contribution is 6.30. The largest absolute Gasteiger partial charge is 0.198 e. The van der Waals surface area contributed by atoms with E-state index >= 15 is 0 Å². The standard InChI is InChI=1S/C17H22ClN/c1-13(2)15-6-8-17(12-19,9-7-15)11-14-4-3-5-16(18)10-14/h3-5,10,13,15H,6-9,11H2,1-2H3. The van der Waals surface area contributed by atoms with Crippen LogP contribution in [-0.2, 0) is 6.42 Å². The third-order valence-electron chi connectivity index (χ3n) is 4.60. The molecule has 1 nitrogen and oxygen atoms in total. The van der Waals surface area contributed by atoms with Crippen LogP contribution >= 0.6 is 11.6 Å². The molecule has 102 valence electrons.